The lowest BCUT2D eigenvalue weighted by Crippen LogP contribution is -2.13. The van der Waals surface area contributed by atoms with Crippen LogP contribution in [-0.2, 0) is 16.6 Å². The van der Waals surface area contributed by atoms with Crippen LogP contribution in [0.1, 0.15) is 11.1 Å². The average molecular weight is 457 g/mol. The zero-order valence-electron chi connectivity index (χ0n) is 17.8. The summed E-state index contributed by atoms with van der Waals surface area (Å²) in [7, 11) is -3.81. The van der Waals surface area contributed by atoms with Gasteiger partial charge >= 0.3 is 0 Å². The summed E-state index contributed by atoms with van der Waals surface area (Å²) < 4.78 is 23.8. The first-order valence-electron chi connectivity index (χ1n) is 10.3. The monoisotopic (exact) mass is 456 g/mol. The number of primary sulfonamides is 1. The lowest BCUT2D eigenvalue weighted by molar-refractivity contribution is 0.598. The minimum absolute atomic E-state index is 0.0461. The molecule has 0 radical (unpaired) electrons. The van der Waals surface area contributed by atoms with Crippen LogP contribution < -0.4 is 16.2 Å². The SMILES string of the molecule is N=C(N)c1cccc(-c2cccc(CNc3ccc(-c4ccccc4S(N)(=O)=O)cc3)c2)c1. The minimum atomic E-state index is -3.81. The van der Waals surface area contributed by atoms with Crippen molar-refractivity contribution in [1.29, 1.82) is 5.41 Å². The Bertz CT molecular complexity index is 1410. The van der Waals surface area contributed by atoms with Crippen LogP contribution in [0.2, 0.25) is 0 Å². The summed E-state index contributed by atoms with van der Waals surface area (Å²) in [5.41, 5.74) is 11.7. The molecule has 4 rings (SSSR count). The predicted octanol–water partition coefficient (Wildman–Crippen LogP) is 4.56. The smallest absolute Gasteiger partial charge is 0.238 e. The molecular formula is C26H24N4O2S. The van der Waals surface area contributed by atoms with Gasteiger partial charge in [0.2, 0.25) is 10.0 Å². The Labute approximate surface area is 193 Å². The van der Waals surface area contributed by atoms with Gasteiger partial charge < -0.3 is 11.1 Å². The molecule has 0 amide bonds. The number of hydrogen-bond acceptors (Lipinski definition) is 4. The van der Waals surface area contributed by atoms with Gasteiger partial charge in [0, 0.05) is 23.4 Å². The van der Waals surface area contributed by atoms with Crippen molar-refractivity contribution in [3.8, 4) is 22.3 Å². The molecule has 0 fully saturated rings. The van der Waals surface area contributed by atoms with Crippen LogP contribution in [0, 0.1) is 5.41 Å². The topological polar surface area (TPSA) is 122 Å². The number of benzene rings is 4. The molecule has 0 aliphatic rings. The molecule has 0 atom stereocenters. The quantitative estimate of drug-likeness (QED) is 0.240. The number of nitrogens with two attached hydrogens (primary N) is 2. The maximum Gasteiger partial charge on any atom is 0.238 e. The summed E-state index contributed by atoms with van der Waals surface area (Å²) in [4.78, 5) is 0.108. The number of sulfonamides is 1. The molecule has 0 saturated carbocycles. The van der Waals surface area contributed by atoms with Gasteiger partial charge in [0.15, 0.2) is 0 Å². The Balaban J connectivity index is 1.50. The first kappa shape index (κ1) is 22.3. The van der Waals surface area contributed by atoms with Gasteiger partial charge in [-0.25, -0.2) is 13.6 Å². The molecule has 4 aromatic rings. The van der Waals surface area contributed by atoms with E-state index in [-0.39, 0.29) is 10.7 Å². The van der Waals surface area contributed by atoms with Gasteiger partial charge in [-0.2, -0.15) is 0 Å². The van der Waals surface area contributed by atoms with E-state index in [1.165, 1.54) is 6.07 Å². The van der Waals surface area contributed by atoms with E-state index in [4.69, 9.17) is 16.3 Å². The fourth-order valence-corrected chi connectivity index (χ4v) is 4.41. The van der Waals surface area contributed by atoms with Crippen LogP contribution in [-0.4, -0.2) is 14.3 Å². The van der Waals surface area contributed by atoms with E-state index in [1.807, 2.05) is 66.7 Å². The largest absolute Gasteiger partial charge is 0.384 e. The summed E-state index contributed by atoms with van der Waals surface area (Å²) in [6, 6.07) is 30.1. The average Bonchev–Trinajstić information content (AvgIpc) is 2.83. The Morgan fingerprint density at radius 3 is 2.15 bits per heavy atom. The Morgan fingerprint density at radius 2 is 1.45 bits per heavy atom. The predicted molar refractivity (Wildman–Crippen MR) is 133 cm³/mol. The molecule has 0 spiro atoms. The molecule has 0 saturated heterocycles. The Hall–Kier alpha value is -3.94. The normalized spacial score (nSPS) is 11.2. The zero-order chi connectivity index (χ0) is 23.4. The van der Waals surface area contributed by atoms with E-state index >= 15 is 0 Å². The highest BCUT2D eigenvalue weighted by molar-refractivity contribution is 7.89. The van der Waals surface area contributed by atoms with Crippen LogP contribution in [0.5, 0.6) is 0 Å². The second kappa shape index (κ2) is 9.28. The number of anilines is 1. The van der Waals surface area contributed by atoms with E-state index in [9.17, 15) is 8.42 Å². The van der Waals surface area contributed by atoms with Crippen LogP contribution >= 0.6 is 0 Å². The minimum Gasteiger partial charge on any atom is -0.384 e. The summed E-state index contributed by atoms with van der Waals surface area (Å²) in [6.45, 7) is 0.618. The maximum absolute atomic E-state index is 11.9. The lowest BCUT2D eigenvalue weighted by atomic mass is 10.0. The van der Waals surface area contributed by atoms with Crippen molar-refractivity contribution in [2.24, 2.45) is 10.9 Å². The molecule has 0 bridgehead atoms. The van der Waals surface area contributed by atoms with Crippen molar-refractivity contribution < 1.29 is 8.42 Å². The van der Waals surface area contributed by atoms with Gasteiger partial charge in [-0.1, -0.05) is 66.7 Å². The lowest BCUT2D eigenvalue weighted by Gasteiger charge is -2.11. The van der Waals surface area contributed by atoms with Gasteiger partial charge in [0.05, 0.1) is 4.90 Å². The van der Waals surface area contributed by atoms with E-state index in [0.29, 0.717) is 17.7 Å². The summed E-state index contributed by atoms with van der Waals surface area (Å²) >= 11 is 0. The molecule has 0 aliphatic carbocycles. The third-order valence-electron chi connectivity index (χ3n) is 5.32. The fraction of sp³-hybridized carbons (Fsp3) is 0.0385. The highest BCUT2D eigenvalue weighted by Crippen LogP contribution is 2.28. The van der Waals surface area contributed by atoms with Gasteiger partial charge in [-0.05, 0) is 52.6 Å². The van der Waals surface area contributed by atoms with E-state index in [0.717, 1.165) is 27.9 Å². The first-order chi connectivity index (χ1) is 15.8. The second-order valence-electron chi connectivity index (χ2n) is 7.67. The zero-order valence-corrected chi connectivity index (χ0v) is 18.6. The molecule has 0 aliphatic heterocycles. The van der Waals surface area contributed by atoms with Crippen molar-refractivity contribution in [3.05, 3.63) is 108 Å². The second-order valence-corrected chi connectivity index (χ2v) is 9.20. The van der Waals surface area contributed by atoms with Crippen LogP contribution in [0.25, 0.3) is 22.3 Å². The van der Waals surface area contributed by atoms with Crippen molar-refractivity contribution in [2.75, 3.05) is 5.32 Å². The van der Waals surface area contributed by atoms with E-state index < -0.39 is 10.0 Å². The standard InChI is InChI=1S/C26H24N4O2S/c27-26(28)22-8-4-7-21(16-22)20-6-3-5-18(15-20)17-30-23-13-11-19(12-14-23)24-9-1-2-10-25(24)33(29,31)32/h1-16,30H,17H2,(H3,27,28)(H2,29,31,32). The maximum atomic E-state index is 11.9. The molecule has 0 aromatic heterocycles. The highest BCUT2D eigenvalue weighted by atomic mass is 32.2. The number of nitrogen functional groups attached to an aromatic ring is 1. The van der Waals surface area contributed by atoms with Crippen LogP contribution in [0.4, 0.5) is 5.69 Å². The van der Waals surface area contributed by atoms with E-state index in [2.05, 4.69) is 11.4 Å². The molecule has 6 N–H and O–H groups in total. The number of hydrogen-bond donors (Lipinski definition) is 4. The molecule has 0 unspecified atom stereocenters. The Morgan fingerprint density at radius 1 is 0.788 bits per heavy atom. The number of rotatable bonds is 7. The van der Waals surface area contributed by atoms with Gasteiger partial charge in [-0.15, -0.1) is 0 Å². The van der Waals surface area contributed by atoms with Gasteiger partial charge in [0.25, 0.3) is 0 Å². The summed E-state index contributed by atoms with van der Waals surface area (Å²) in [5, 5.41) is 16.4. The van der Waals surface area contributed by atoms with Crippen LogP contribution in [0.3, 0.4) is 0 Å². The molecule has 4 aromatic carbocycles. The molecular weight excluding hydrogens is 432 g/mol. The Kier molecular flexibility index (Phi) is 6.26. The van der Waals surface area contributed by atoms with Gasteiger partial charge in [0.1, 0.15) is 5.84 Å². The van der Waals surface area contributed by atoms with Gasteiger partial charge in [-0.3, -0.25) is 5.41 Å². The van der Waals surface area contributed by atoms with Crippen molar-refractivity contribution in [2.45, 2.75) is 11.4 Å². The van der Waals surface area contributed by atoms with Crippen molar-refractivity contribution in [1.82, 2.24) is 0 Å². The first-order valence-corrected chi connectivity index (χ1v) is 11.9. The number of nitrogens with one attached hydrogen (secondary N) is 2. The van der Waals surface area contributed by atoms with Crippen LogP contribution in [0.15, 0.2) is 102 Å². The van der Waals surface area contributed by atoms with E-state index in [1.54, 1.807) is 18.2 Å². The van der Waals surface area contributed by atoms with Crippen molar-refractivity contribution >= 4 is 21.5 Å². The molecule has 0 heterocycles. The molecule has 7 heteroatoms. The third kappa shape index (κ3) is 5.28. The summed E-state index contributed by atoms with van der Waals surface area (Å²) in [5.74, 6) is 0.0461. The molecule has 33 heavy (non-hydrogen) atoms. The fourth-order valence-electron chi connectivity index (χ4n) is 3.65. The third-order valence-corrected chi connectivity index (χ3v) is 6.29. The summed E-state index contributed by atoms with van der Waals surface area (Å²) in [6.07, 6.45) is 0. The van der Waals surface area contributed by atoms with Crippen molar-refractivity contribution in [3.63, 3.8) is 0 Å². The number of amidine groups is 1. The highest BCUT2D eigenvalue weighted by Gasteiger charge is 2.14. The molecule has 166 valence electrons. The molecule has 6 nitrogen and oxygen atoms in total.